The van der Waals surface area contributed by atoms with E-state index in [0.29, 0.717) is 12.1 Å². The van der Waals surface area contributed by atoms with Crippen molar-refractivity contribution < 1.29 is 14.7 Å². The lowest BCUT2D eigenvalue weighted by molar-refractivity contribution is -0.136. The molecule has 0 aliphatic heterocycles. The molecule has 1 rings (SSSR count). The number of rotatable bonds is 4. The number of anilines is 1. The minimum Gasteiger partial charge on any atom is -0.396 e. The summed E-state index contributed by atoms with van der Waals surface area (Å²) in [6.07, 6.45) is 0.430. The van der Waals surface area contributed by atoms with E-state index >= 15 is 0 Å². The van der Waals surface area contributed by atoms with Crippen molar-refractivity contribution in [2.24, 2.45) is 0 Å². The first kappa shape index (κ1) is 16.2. The standard InChI is InChI=1S/C15H22N2O3/c1-15(2,3)11-5-7-12(8-6-11)17-14(20)13(19)16-9-4-10-18/h5-8,18H,4,9-10H2,1-3H3,(H,16,19)(H,17,20). The Balaban J connectivity index is 2.56. The number of hydrogen-bond donors (Lipinski definition) is 3. The average Bonchev–Trinajstić information content (AvgIpc) is 2.38. The molecule has 5 nitrogen and oxygen atoms in total. The lowest BCUT2D eigenvalue weighted by atomic mass is 9.87. The Morgan fingerprint density at radius 2 is 1.70 bits per heavy atom. The van der Waals surface area contributed by atoms with Gasteiger partial charge in [0.25, 0.3) is 0 Å². The maximum atomic E-state index is 11.6. The molecule has 0 aromatic heterocycles. The lowest BCUT2D eigenvalue weighted by Crippen LogP contribution is -2.36. The van der Waals surface area contributed by atoms with E-state index in [0.717, 1.165) is 5.56 Å². The molecule has 3 N–H and O–H groups in total. The molecular formula is C15H22N2O3. The number of aliphatic hydroxyl groups is 1. The van der Waals surface area contributed by atoms with Gasteiger partial charge >= 0.3 is 11.8 Å². The third kappa shape index (κ3) is 5.01. The van der Waals surface area contributed by atoms with Gasteiger partial charge in [0.15, 0.2) is 0 Å². The van der Waals surface area contributed by atoms with Crippen LogP contribution in [0.5, 0.6) is 0 Å². The minimum atomic E-state index is -0.702. The molecule has 0 bridgehead atoms. The van der Waals surface area contributed by atoms with E-state index in [-0.39, 0.29) is 18.6 Å². The first-order valence-electron chi connectivity index (χ1n) is 6.65. The van der Waals surface area contributed by atoms with Gasteiger partial charge in [-0.3, -0.25) is 9.59 Å². The summed E-state index contributed by atoms with van der Waals surface area (Å²) in [5.41, 5.74) is 1.78. The highest BCUT2D eigenvalue weighted by Crippen LogP contribution is 2.23. The molecule has 0 atom stereocenters. The zero-order valence-electron chi connectivity index (χ0n) is 12.2. The third-order valence-electron chi connectivity index (χ3n) is 2.84. The first-order chi connectivity index (χ1) is 9.34. The fraction of sp³-hybridized carbons (Fsp3) is 0.467. The fourth-order valence-electron chi connectivity index (χ4n) is 1.60. The van der Waals surface area contributed by atoms with Gasteiger partial charge in [-0.1, -0.05) is 32.9 Å². The second kappa shape index (κ2) is 7.05. The maximum Gasteiger partial charge on any atom is 0.313 e. The molecule has 0 aliphatic rings. The summed E-state index contributed by atoms with van der Waals surface area (Å²) in [6, 6.07) is 7.41. The van der Waals surface area contributed by atoms with Gasteiger partial charge in [0.2, 0.25) is 0 Å². The molecule has 110 valence electrons. The Bertz CT molecular complexity index is 461. The van der Waals surface area contributed by atoms with Crippen LogP contribution >= 0.6 is 0 Å². The van der Waals surface area contributed by atoms with Gasteiger partial charge in [0, 0.05) is 18.8 Å². The van der Waals surface area contributed by atoms with Crippen LogP contribution in [0.3, 0.4) is 0 Å². The summed E-state index contributed by atoms with van der Waals surface area (Å²) in [4.78, 5) is 23.0. The molecule has 0 fully saturated rings. The van der Waals surface area contributed by atoms with E-state index in [9.17, 15) is 9.59 Å². The second-order valence-corrected chi connectivity index (χ2v) is 5.61. The van der Waals surface area contributed by atoms with E-state index in [1.807, 2.05) is 12.1 Å². The summed E-state index contributed by atoms with van der Waals surface area (Å²) in [5.74, 6) is -1.40. The molecule has 0 saturated carbocycles. The quantitative estimate of drug-likeness (QED) is 0.576. The Hall–Kier alpha value is -1.88. The summed E-state index contributed by atoms with van der Waals surface area (Å²) >= 11 is 0. The van der Waals surface area contributed by atoms with E-state index in [2.05, 4.69) is 31.4 Å². The summed E-state index contributed by atoms with van der Waals surface area (Å²) in [6.45, 7) is 6.58. The van der Waals surface area contributed by atoms with Crippen LogP contribution in [-0.2, 0) is 15.0 Å². The van der Waals surface area contributed by atoms with Crippen molar-refractivity contribution in [3.63, 3.8) is 0 Å². The summed E-state index contributed by atoms with van der Waals surface area (Å²) in [7, 11) is 0. The van der Waals surface area contributed by atoms with Crippen molar-refractivity contribution in [3.05, 3.63) is 29.8 Å². The van der Waals surface area contributed by atoms with E-state index < -0.39 is 11.8 Å². The van der Waals surface area contributed by atoms with Gasteiger partial charge < -0.3 is 15.7 Å². The highest BCUT2D eigenvalue weighted by atomic mass is 16.3. The summed E-state index contributed by atoms with van der Waals surface area (Å²) < 4.78 is 0. The smallest absolute Gasteiger partial charge is 0.313 e. The van der Waals surface area contributed by atoms with Gasteiger partial charge in [-0.15, -0.1) is 0 Å². The molecule has 0 aliphatic carbocycles. The Morgan fingerprint density at radius 1 is 1.10 bits per heavy atom. The average molecular weight is 278 g/mol. The number of aliphatic hydroxyl groups excluding tert-OH is 1. The minimum absolute atomic E-state index is 0.0177. The maximum absolute atomic E-state index is 11.6. The van der Waals surface area contributed by atoms with Crippen LogP contribution in [-0.4, -0.2) is 30.1 Å². The van der Waals surface area contributed by atoms with Crippen LogP contribution in [0.25, 0.3) is 0 Å². The molecular weight excluding hydrogens is 256 g/mol. The van der Waals surface area contributed by atoms with Crippen molar-refractivity contribution in [1.29, 1.82) is 0 Å². The van der Waals surface area contributed by atoms with Crippen LogP contribution in [0.2, 0.25) is 0 Å². The second-order valence-electron chi connectivity index (χ2n) is 5.61. The molecule has 0 heterocycles. The van der Waals surface area contributed by atoms with Crippen LogP contribution in [0.4, 0.5) is 5.69 Å². The highest BCUT2D eigenvalue weighted by Gasteiger charge is 2.15. The van der Waals surface area contributed by atoms with E-state index in [1.165, 1.54) is 0 Å². The largest absolute Gasteiger partial charge is 0.396 e. The Kier molecular flexibility index (Phi) is 5.70. The molecule has 0 spiro atoms. The first-order valence-corrected chi connectivity index (χ1v) is 6.65. The molecule has 0 unspecified atom stereocenters. The van der Waals surface area contributed by atoms with Crippen LogP contribution in [0.1, 0.15) is 32.8 Å². The van der Waals surface area contributed by atoms with Crippen molar-refractivity contribution in [2.75, 3.05) is 18.5 Å². The van der Waals surface area contributed by atoms with Gasteiger partial charge in [-0.05, 0) is 29.5 Å². The molecule has 2 amide bonds. The van der Waals surface area contributed by atoms with Crippen LogP contribution in [0.15, 0.2) is 24.3 Å². The number of carbonyl (C=O) groups is 2. The Morgan fingerprint density at radius 3 is 2.20 bits per heavy atom. The normalized spacial score (nSPS) is 11.0. The van der Waals surface area contributed by atoms with E-state index in [4.69, 9.17) is 5.11 Å². The summed E-state index contributed by atoms with van der Waals surface area (Å²) in [5, 5.41) is 13.6. The molecule has 1 aromatic carbocycles. The van der Waals surface area contributed by atoms with Gasteiger partial charge in [0.1, 0.15) is 0 Å². The van der Waals surface area contributed by atoms with Crippen LogP contribution < -0.4 is 10.6 Å². The zero-order chi connectivity index (χ0) is 15.2. The number of benzene rings is 1. The lowest BCUT2D eigenvalue weighted by Gasteiger charge is -2.19. The number of hydrogen-bond acceptors (Lipinski definition) is 3. The topological polar surface area (TPSA) is 78.4 Å². The highest BCUT2D eigenvalue weighted by molar-refractivity contribution is 6.39. The number of carbonyl (C=O) groups excluding carboxylic acids is 2. The Labute approximate surface area is 119 Å². The molecule has 0 saturated heterocycles. The monoisotopic (exact) mass is 278 g/mol. The molecule has 0 radical (unpaired) electrons. The van der Waals surface area contributed by atoms with Gasteiger partial charge in [-0.25, -0.2) is 0 Å². The van der Waals surface area contributed by atoms with Crippen molar-refractivity contribution in [1.82, 2.24) is 5.32 Å². The van der Waals surface area contributed by atoms with Crippen molar-refractivity contribution in [3.8, 4) is 0 Å². The predicted octanol–water partition coefficient (Wildman–Crippen LogP) is 1.42. The van der Waals surface area contributed by atoms with Gasteiger partial charge in [0.05, 0.1) is 0 Å². The van der Waals surface area contributed by atoms with Gasteiger partial charge in [-0.2, -0.15) is 0 Å². The van der Waals surface area contributed by atoms with Crippen LogP contribution in [0, 0.1) is 0 Å². The number of amides is 2. The van der Waals surface area contributed by atoms with Crippen molar-refractivity contribution in [2.45, 2.75) is 32.6 Å². The predicted molar refractivity (Wildman–Crippen MR) is 78.5 cm³/mol. The fourth-order valence-corrected chi connectivity index (χ4v) is 1.60. The molecule has 5 heteroatoms. The number of nitrogens with one attached hydrogen (secondary N) is 2. The SMILES string of the molecule is CC(C)(C)c1ccc(NC(=O)C(=O)NCCCO)cc1. The third-order valence-corrected chi connectivity index (χ3v) is 2.84. The molecule has 20 heavy (non-hydrogen) atoms. The molecule has 1 aromatic rings. The van der Waals surface area contributed by atoms with Crippen molar-refractivity contribution >= 4 is 17.5 Å². The van der Waals surface area contributed by atoms with E-state index in [1.54, 1.807) is 12.1 Å². The zero-order valence-corrected chi connectivity index (χ0v) is 12.2.